The quantitative estimate of drug-likeness (QED) is 0.725. The van der Waals surface area contributed by atoms with E-state index in [1.165, 1.54) is 0 Å². The number of aliphatic hydroxyl groups excluding tert-OH is 1. The minimum Gasteiger partial charge on any atom is -0.394 e. The van der Waals surface area contributed by atoms with Crippen molar-refractivity contribution in [3.8, 4) is 0 Å². The number of methoxy groups -OCH3 is 1. The lowest BCUT2D eigenvalue weighted by molar-refractivity contribution is 0.104. The standard InChI is InChI=1S/C14H23NO2/c1-3-10-15-14(12-16,9-11-17-2)13-7-5-4-6-8-13/h4-8,15-16H,3,9-12H2,1-2H3. The predicted molar refractivity (Wildman–Crippen MR) is 70.0 cm³/mol. The Morgan fingerprint density at radius 3 is 2.53 bits per heavy atom. The van der Waals surface area contributed by atoms with Crippen molar-refractivity contribution in [3.05, 3.63) is 35.9 Å². The van der Waals surface area contributed by atoms with Crippen LogP contribution in [0.15, 0.2) is 30.3 Å². The van der Waals surface area contributed by atoms with Crippen molar-refractivity contribution in [1.29, 1.82) is 0 Å². The van der Waals surface area contributed by atoms with Gasteiger partial charge in [-0.25, -0.2) is 0 Å². The van der Waals surface area contributed by atoms with E-state index in [1.54, 1.807) is 7.11 Å². The van der Waals surface area contributed by atoms with Crippen LogP contribution in [-0.2, 0) is 10.3 Å². The molecule has 0 aliphatic carbocycles. The van der Waals surface area contributed by atoms with Crippen LogP contribution in [0.5, 0.6) is 0 Å². The fourth-order valence-electron chi connectivity index (χ4n) is 1.96. The van der Waals surface area contributed by atoms with Gasteiger partial charge in [0, 0.05) is 13.7 Å². The third-order valence-corrected chi connectivity index (χ3v) is 3.04. The monoisotopic (exact) mass is 237 g/mol. The first kappa shape index (κ1) is 14.2. The van der Waals surface area contributed by atoms with Gasteiger partial charge in [-0.05, 0) is 24.9 Å². The Morgan fingerprint density at radius 2 is 2.00 bits per heavy atom. The molecule has 0 spiro atoms. The van der Waals surface area contributed by atoms with Crippen LogP contribution in [0, 0.1) is 0 Å². The first-order chi connectivity index (χ1) is 8.29. The van der Waals surface area contributed by atoms with Crippen LogP contribution in [0.1, 0.15) is 25.3 Å². The highest BCUT2D eigenvalue weighted by molar-refractivity contribution is 5.24. The van der Waals surface area contributed by atoms with Crippen molar-refractivity contribution in [1.82, 2.24) is 5.32 Å². The molecule has 1 rings (SSSR count). The molecule has 0 aliphatic heterocycles. The summed E-state index contributed by atoms with van der Waals surface area (Å²) in [4.78, 5) is 0. The molecule has 0 saturated carbocycles. The normalized spacial score (nSPS) is 14.5. The van der Waals surface area contributed by atoms with Gasteiger partial charge in [0.15, 0.2) is 0 Å². The summed E-state index contributed by atoms with van der Waals surface area (Å²) < 4.78 is 5.15. The lowest BCUT2D eigenvalue weighted by Gasteiger charge is -2.33. The van der Waals surface area contributed by atoms with Crippen LogP contribution in [0.4, 0.5) is 0 Å². The van der Waals surface area contributed by atoms with Gasteiger partial charge in [0.25, 0.3) is 0 Å². The summed E-state index contributed by atoms with van der Waals surface area (Å²) in [5.74, 6) is 0. The van der Waals surface area contributed by atoms with Crippen LogP contribution >= 0.6 is 0 Å². The van der Waals surface area contributed by atoms with E-state index in [-0.39, 0.29) is 12.1 Å². The molecule has 1 unspecified atom stereocenters. The summed E-state index contributed by atoms with van der Waals surface area (Å²) in [6.45, 7) is 3.72. The van der Waals surface area contributed by atoms with E-state index in [4.69, 9.17) is 4.74 Å². The van der Waals surface area contributed by atoms with Gasteiger partial charge < -0.3 is 15.2 Å². The molecule has 0 heterocycles. The Bertz CT molecular complexity index is 292. The van der Waals surface area contributed by atoms with E-state index in [1.807, 2.05) is 18.2 Å². The lowest BCUT2D eigenvalue weighted by Crippen LogP contribution is -2.46. The second-order valence-electron chi connectivity index (χ2n) is 4.28. The maximum Gasteiger partial charge on any atom is 0.0691 e. The zero-order valence-electron chi connectivity index (χ0n) is 10.8. The summed E-state index contributed by atoms with van der Waals surface area (Å²) >= 11 is 0. The second-order valence-corrected chi connectivity index (χ2v) is 4.28. The fraction of sp³-hybridized carbons (Fsp3) is 0.571. The number of hydrogen-bond donors (Lipinski definition) is 2. The van der Waals surface area contributed by atoms with E-state index in [2.05, 4.69) is 24.4 Å². The van der Waals surface area contributed by atoms with Crippen molar-refractivity contribution >= 4 is 0 Å². The Labute approximate surface area is 104 Å². The van der Waals surface area contributed by atoms with Gasteiger partial charge in [0.2, 0.25) is 0 Å². The van der Waals surface area contributed by atoms with Crippen LogP contribution in [0.2, 0.25) is 0 Å². The summed E-state index contributed by atoms with van der Waals surface area (Å²) in [5, 5.41) is 13.2. The zero-order chi connectivity index (χ0) is 12.6. The van der Waals surface area contributed by atoms with Gasteiger partial charge in [0.05, 0.1) is 12.1 Å². The maximum atomic E-state index is 9.77. The van der Waals surface area contributed by atoms with Crippen molar-refractivity contribution in [3.63, 3.8) is 0 Å². The first-order valence-corrected chi connectivity index (χ1v) is 6.19. The molecule has 0 fully saturated rings. The third kappa shape index (κ3) is 3.80. The molecule has 1 aromatic rings. The highest BCUT2D eigenvalue weighted by atomic mass is 16.5. The molecular formula is C14H23NO2. The van der Waals surface area contributed by atoms with Crippen molar-refractivity contribution in [2.24, 2.45) is 0 Å². The van der Waals surface area contributed by atoms with Crippen LogP contribution in [0.3, 0.4) is 0 Å². The molecular weight excluding hydrogens is 214 g/mol. The predicted octanol–water partition coefficient (Wildman–Crippen LogP) is 1.91. The molecule has 0 bridgehead atoms. The second kappa shape index (κ2) is 7.43. The number of aliphatic hydroxyl groups is 1. The van der Waals surface area contributed by atoms with Gasteiger partial charge in [0.1, 0.15) is 0 Å². The van der Waals surface area contributed by atoms with Gasteiger partial charge in [-0.2, -0.15) is 0 Å². The minimum atomic E-state index is -0.382. The maximum absolute atomic E-state index is 9.77. The number of hydrogen-bond acceptors (Lipinski definition) is 3. The van der Waals surface area contributed by atoms with Crippen LogP contribution in [0.25, 0.3) is 0 Å². The largest absolute Gasteiger partial charge is 0.394 e. The van der Waals surface area contributed by atoms with E-state index in [9.17, 15) is 5.11 Å². The first-order valence-electron chi connectivity index (χ1n) is 6.19. The smallest absolute Gasteiger partial charge is 0.0691 e. The Balaban J connectivity index is 2.89. The van der Waals surface area contributed by atoms with Crippen LogP contribution < -0.4 is 5.32 Å². The van der Waals surface area contributed by atoms with Gasteiger partial charge in [-0.1, -0.05) is 37.3 Å². The number of nitrogens with one attached hydrogen (secondary N) is 1. The van der Waals surface area contributed by atoms with E-state index in [0.29, 0.717) is 6.61 Å². The van der Waals surface area contributed by atoms with Crippen molar-refractivity contribution in [2.45, 2.75) is 25.3 Å². The zero-order valence-corrected chi connectivity index (χ0v) is 10.8. The average Bonchev–Trinajstić information content (AvgIpc) is 2.41. The molecule has 0 saturated heterocycles. The molecule has 3 nitrogen and oxygen atoms in total. The molecule has 1 aromatic carbocycles. The van der Waals surface area contributed by atoms with Gasteiger partial charge in [-0.15, -0.1) is 0 Å². The molecule has 0 radical (unpaired) electrons. The average molecular weight is 237 g/mol. The highest BCUT2D eigenvalue weighted by Gasteiger charge is 2.30. The summed E-state index contributed by atoms with van der Waals surface area (Å²) in [6.07, 6.45) is 1.81. The van der Waals surface area contributed by atoms with Crippen LogP contribution in [-0.4, -0.2) is 32.0 Å². The van der Waals surface area contributed by atoms with E-state index < -0.39 is 0 Å². The molecule has 0 aromatic heterocycles. The molecule has 0 amide bonds. The summed E-state index contributed by atoms with van der Waals surface area (Å²) in [5.41, 5.74) is 0.737. The van der Waals surface area contributed by atoms with Gasteiger partial charge >= 0.3 is 0 Å². The molecule has 3 heteroatoms. The van der Waals surface area contributed by atoms with Crippen molar-refractivity contribution in [2.75, 3.05) is 26.9 Å². The molecule has 2 N–H and O–H groups in total. The molecule has 1 atom stereocenters. The van der Waals surface area contributed by atoms with E-state index >= 15 is 0 Å². The number of ether oxygens (including phenoxy) is 1. The molecule has 96 valence electrons. The van der Waals surface area contributed by atoms with Gasteiger partial charge in [-0.3, -0.25) is 0 Å². The summed E-state index contributed by atoms with van der Waals surface area (Å²) in [6, 6.07) is 10.1. The number of benzene rings is 1. The third-order valence-electron chi connectivity index (χ3n) is 3.04. The summed E-state index contributed by atoms with van der Waals surface area (Å²) in [7, 11) is 1.69. The van der Waals surface area contributed by atoms with E-state index in [0.717, 1.165) is 24.9 Å². The SMILES string of the molecule is CCCNC(CO)(CCOC)c1ccccc1. The van der Waals surface area contributed by atoms with Crippen molar-refractivity contribution < 1.29 is 9.84 Å². The Morgan fingerprint density at radius 1 is 1.29 bits per heavy atom. The topological polar surface area (TPSA) is 41.5 Å². The molecule has 0 aliphatic rings. The lowest BCUT2D eigenvalue weighted by atomic mass is 9.87. The Kier molecular flexibility index (Phi) is 6.19. The number of rotatable bonds is 8. The Hall–Kier alpha value is -0.900. The minimum absolute atomic E-state index is 0.0837. The fourth-order valence-corrected chi connectivity index (χ4v) is 1.96. The molecule has 17 heavy (non-hydrogen) atoms. The highest BCUT2D eigenvalue weighted by Crippen LogP contribution is 2.24.